The zero-order valence-corrected chi connectivity index (χ0v) is 10.9. The number of rotatable bonds is 8. The summed E-state index contributed by atoms with van der Waals surface area (Å²) >= 11 is 0. The van der Waals surface area contributed by atoms with Gasteiger partial charge in [0.2, 0.25) is 5.91 Å². The maximum Gasteiger partial charge on any atom is 0.352 e. The van der Waals surface area contributed by atoms with Gasteiger partial charge in [0.1, 0.15) is 12.2 Å². The molecule has 104 valence electrons. The molecule has 0 saturated heterocycles. The Bertz CT molecular complexity index is 465. The van der Waals surface area contributed by atoms with Crippen molar-refractivity contribution >= 4 is 11.9 Å². The number of nitrogens with one attached hydrogen (secondary N) is 1. The molecule has 0 aromatic carbocycles. The average Bonchev–Trinajstić information content (AvgIpc) is 2.76. The fourth-order valence-corrected chi connectivity index (χ4v) is 1.47. The van der Waals surface area contributed by atoms with Gasteiger partial charge in [0.05, 0.1) is 13.2 Å². The van der Waals surface area contributed by atoms with E-state index in [0.29, 0.717) is 19.8 Å². The van der Waals surface area contributed by atoms with E-state index in [0.717, 1.165) is 5.57 Å². The molecule has 6 nitrogen and oxygen atoms in total. The maximum atomic E-state index is 11.6. The van der Waals surface area contributed by atoms with Gasteiger partial charge in [0.15, 0.2) is 0 Å². The first-order valence-electron chi connectivity index (χ1n) is 5.88. The van der Waals surface area contributed by atoms with Crippen LogP contribution in [-0.2, 0) is 16.1 Å². The summed E-state index contributed by atoms with van der Waals surface area (Å²) in [4.78, 5) is 22.4. The number of ether oxygens (including phenoxy) is 1. The summed E-state index contributed by atoms with van der Waals surface area (Å²) in [6.07, 6.45) is 1.56. The molecule has 0 saturated carbocycles. The van der Waals surface area contributed by atoms with Crippen LogP contribution in [-0.4, -0.2) is 41.3 Å². The Morgan fingerprint density at radius 3 is 2.89 bits per heavy atom. The van der Waals surface area contributed by atoms with Gasteiger partial charge in [-0.3, -0.25) is 4.79 Å². The van der Waals surface area contributed by atoms with E-state index < -0.39 is 5.97 Å². The van der Waals surface area contributed by atoms with E-state index in [1.165, 1.54) is 10.6 Å². The van der Waals surface area contributed by atoms with E-state index in [1.807, 2.05) is 6.92 Å². The predicted octanol–water partition coefficient (Wildman–Crippen LogP) is 0.895. The molecule has 19 heavy (non-hydrogen) atoms. The number of amides is 1. The van der Waals surface area contributed by atoms with Gasteiger partial charge >= 0.3 is 5.97 Å². The minimum atomic E-state index is -1.05. The number of aromatic nitrogens is 1. The van der Waals surface area contributed by atoms with Crippen molar-refractivity contribution in [3.8, 4) is 0 Å². The van der Waals surface area contributed by atoms with Crippen molar-refractivity contribution in [2.75, 3.05) is 19.8 Å². The van der Waals surface area contributed by atoms with Crippen LogP contribution in [0.2, 0.25) is 0 Å². The highest BCUT2D eigenvalue weighted by Gasteiger charge is 2.11. The van der Waals surface area contributed by atoms with Crippen molar-refractivity contribution in [2.24, 2.45) is 0 Å². The number of carbonyl (C=O) groups excluding carboxylic acids is 1. The molecule has 6 heteroatoms. The second kappa shape index (κ2) is 7.38. The summed E-state index contributed by atoms with van der Waals surface area (Å²) in [6, 6.07) is 3.04. The largest absolute Gasteiger partial charge is 0.477 e. The Balaban J connectivity index is 2.29. The average molecular weight is 266 g/mol. The van der Waals surface area contributed by atoms with Gasteiger partial charge in [-0.15, -0.1) is 0 Å². The van der Waals surface area contributed by atoms with Crippen LogP contribution in [0.3, 0.4) is 0 Å². The highest BCUT2D eigenvalue weighted by Crippen LogP contribution is 2.01. The molecule has 1 aromatic rings. The zero-order valence-electron chi connectivity index (χ0n) is 10.9. The monoisotopic (exact) mass is 266 g/mol. The normalized spacial score (nSPS) is 10.2. The fourth-order valence-electron chi connectivity index (χ4n) is 1.47. The first-order valence-corrected chi connectivity index (χ1v) is 5.88. The summed E-state index contributed by atoms with van der Waals surface area (Å²) < 4.78 is 6.61. The maximum absolute atomic E-state index is 11.6. The SMILES string of the molecule is C=C(C)COCCNC(=O)Cn1cccc1C(=O)O. The van der Waals surface area contributed by atoms with Crippen molar-refractivity contribution in [3.63, 3.8) is 0 Å². The van der Waals surface area contributed by atoms with Crippen LogP contribution in [0.4, 0.5) is 0 Å². The molecular weight excluding hydrogens is 248 g/mol. The first-order chi connectivity index (χ1) is 9.00. The minimum Gasteiger partial charge on any atom is -0.477 e. The third kappa shape index (κ3) is 5.39. The van der Waals surface area contributed by atoms with Crippen molar-refractivity contribution in [3.05, 3.63) is 36.2 Å². The van der Waals surface area contributed by atoms with Gasteiger partial charge in [0.25, 0.3) is 0 Å². The summed E-state index contributed by atoms with van der Waals surface area (Å²) in [5, 5.41) is 11.5. The van der Waals surface area contributed by atoms with Crippen LogP contribution in [0.5, 0.6) is 0 Å². The molecule has 1 aromatic heterocycles. The van der Waals surface area contributed by atoms with Crippen LogP contribution < -0.4 is 5.32 Å². The van der Waals surface area contributed by atoms with Crippen LogP contribution in [0.1, 0.15) is 17.4 Å². The molecule has 0 aliphatic rings. The lowest BCUT2D eigenvalue weighted by atomic mass is 10.4. The van der Waals surface area contributed by atoms with Crippen LogP contribution in [0.25, 0.3) is 0 Å². The summed E-state index contributed by atoms with van der Waals surface area (Å²) in [5.74, 6) is -1.31. The number of aromatic carboxylic acids is 1. The summed E-state index contributed by atoms with van der Waals surface area (Å²) in [6.45, 7) is 6.79. The Morgan fingerprint density at radius 2 is 2.26 bits per heavy atom. The number of carboxylic acid groups (broad SMARTS) is 1. The van der Waals surface area contributed by atoms with Gasteiger partial charge < -0.3 is 19.7 Å². The van der Waals surface area contributed by atoms with Gasteiger partial charge in [-0.2, -0.15) is 0 Å². The van der Waals surface area contributed by atoms with Crippen LogP contribution in [0, 0.1) is 0 Å². The number of hydrogen-bond donors (Lipinski definition) is 2. The molecular formula is C13H18N2O4. The predicted molar refractivity (Wildman–Crippen MR) is 70.0 cm³/mol. The van der Waals surface area contributed by atoms with Crippen molar-refractivity contribution < 1.29 is 19.4 Å². The van der Waals surface area contributed by atoms with Crippen molar-refractivity contribution in [2.45, 2.75) is 13.5 Å². The van der Waals surface area contributed by atoms with Crippen molar-refractivity contribution in [1.29, 1.82) is 0 Å². The van der Waals surface area contributed by atoms with E-state index in [9.17, 15) is 9.59 Å². The third-order valence-corrected chi connectivity index (χ3v) is 2.28. The summed E-state index contributed by atoms with van der Waals surface area (Å²) in [5.41, 5.74) is 1.01. The lowest BCUT2D eigenvalue weighted by molar-refractivity contribution is -0.121. The molecule has 0 spiro atoms. The lowest BCUT2D eigenvalue weighted by Gasteiger charge is -2.08. The van der Waals surface area contributed by atoms with E-state index in [4.69, 9.17) is 9.84 Å². The molecule has 0 fully saturated rings. The molecule has 0 atom stereocenters. The molecule has 0 bridgehead atoms. The second-order valence-electron chi connectivity index (χ2n) is 4.19. The standard InChI is InChI=1S/C13H18N2O4/c1-10(2)9-19-7-5-14-12(16)8-15-6-3-4-11(15)13(17)18/h3-4,6H,1,5,7-9H2,2H3,(H,14,16)(H,17,18). The highest BCUT2D eigenvalue weighted by atomic mass is 16.5. The molecule has 2 N–H and O–H groups in total. The van der Waals surface area contributed by atoms with E-state index in [2.05, 4.69) is 11.9 Å². The number of hydrogen-bond acceptors (Lipinski definition) is 3. The van der Waals surface area contributed by atoms with E-state index >= 15 is 0 Å². The Labute approximate surface area is 111 Å². The Morgan fingerprint density at radius 1 is 1.53 bits per heavy atom. The second-order valence-corrected chi connectivity index (χ2v) is 4.19. The molecule has 1 heterocycles. The van der Waals surface area contributed by atoms with Gasteiger partial charge in [-0.05, 0) is 19.1 Å². The van der Waals surface area contributed by atoms with E-state index in [-0.39, 0.29) is 18.1 Å². The molecule has 0 aliphatic heterocycles. The summed E-state index contributed by atoms with van der Waals surface area (Å²) in [7, 11) is 0. The van der Waals surface area contributed by atoms with Gasteiger partial charge in [0, 0.05) is 12.7 Å². The number of carboxylic acids is 1. The third-order valence-electron chi connectivity index (χ3n) is 2.28. The smallest absolute Gasteiger partial charge is 0.352 e. The van der Waals surface area contributed by atoms with Gasteiger partial charge in [-0.1, -0.05) is 12.2 Å². The Kier molecular flexibility index (Phi) is 5.81. The minimum absolute atomic E-state index is 0.0187. The van der Waals surface area contributed by atoms with Gasteiger partial charge in [-0.25, -0.2) is 4.79 Å². The van der Waals surface area contributed by atoms with Crippen LogP contribution in [0.15, 0.2) is 30.5 Å². The highest BCUT2D eigenvalue weighted by molar-refractivity contribution is 5.86. The molecule has 0 aliphatic carbocycles. The number of nitrogens with zero attached hydrogens (tertiary/aromatic N) is 1. The lowest BCUT2D eigenvalue weighted by Crippen LogP contribution is -2.31. The fraction of sp³-hybridized carbons (Fsp3) is 0.385. The van der Waals surface area contributed by atoms with E-state index in [1.54, 1.807) is 12.3 Å². The zero-order chi connectivity index (χ0) is 14.3. The molecule has 0 radical (unpaired) electrons. The molecule has 0 unspecified atom stereocenters. The van der Waals surface area contributed by atoms with Crippen molar-refractivity contribution in [1.82, 2.24) is 9.88 Å². The molecule has 1 amide bonds. The van der Waals surface area contributed by atoms with Crippen LogP contribution >= 0.6 is 0 Å². The quantitative estimate of drug-likeness (QED) is 0.541. The number of carbonyl (C=O) groups is 2. The Hall–Kier alpha value is -2.08. The topological polar surface area (TPSA) is 80.6 Å². The first kappa shape index (κ1) is 15.0. The molecule has 1 rings (SSSR count).